The van der Waals surface area contributed by atoms with Gasteiger partial charge in [-0.3, -0.25) is 15.0 Å². The van der Waals surface area contributed by atoms with E-state index in [1.165, 1.54) is 12.1 Å². The zero-order chi connectivity index (χ0) is 18.9. The van der Waals surface area contributed by atoms with Crippen molar-refractivity contribution in [2.75, 3.05) is 37.3 Å². The number of aryl methyl sites for hydroxylation is 1. The average molecular weight is 381 g/mol. The molecular formula is C15H19N5O5S. The fourth-order valence-corrected chi connectivity index (χ4v) is 3.85. The Morgan fingerprint density at radius 3 is 2.50 bits per heavy atom. The molecule has 1 fully saturated rings. The third kappa shape index (κ3) is 3.83. The second kappa shape index (κ2) is 7.00. The molecule has 0 spiro atoms. The molecule has 2 heterocycles. The van der Waals surface area contributed by atoms with Gasteiger partial charge in [-0.2, -0.15) is 4.98 Å². The fourth-order valence-electron chi connectivity index (χ4n) is 2.99. The summed E-state index contributed by atoms with van der Waals surface area (Å²) in [5, 5.41) is 15.3. The van der Waals surface area contributed by atoms with E-state index in [9.17, 15) is 18.5 Å². The summed E-state index contributed by atoms with van der Waals surface area (Å²) in [5.41, 5.74) is -0.0396. The smallest absolute Gasteiger partial charge is 0.311 e. The minimum Gasteiger partial charge on any atom is -0.363 e. The number of nitrogens with zero attached hydrogens (tertiary/aromatic N) is 5. The number of nitro groups is 1. The predicted molar refractivity (Wildman–Crippen MR) is 92.7 cm³/mol. The summed E-state index contributed by atoms with van der Waals surface area (Å²) in [6.07, 6.45) is 0.976. The summed E-state index contributed by atoms with van der Waals surface area (Å²) in [6, 6.07) is 4.39. The molecule has 11 heteroatoms. The van der Waals surface area contributed by atoms with Gasteiger partial charge in [0.1, 0.15) is 10.6 Å². The van der Waals surface area contributed by atoms with Gasteiger partial charge in [-0.05, 0) is 19.1 Å². The molecule has 0 bridgehead atoms. The van der Waals surface area contributed by atoms with E-state index in [2.05, 4.69) is 15.0 Å². The summed E-state index contributed by atoms with van der Waals surface area (Å²) in [6.45, 7) is 4.60. The van der Waals surface area contributed by atoms with Crippen molar-refractivity contribution in [3.63, 3.8) is 0 Å². The first-order chi connectivity index (χ1) is 12.3. The van der Waals surface area contributed by atoms with Crippen molar-refractivity contribution in [2.45, 2.75) is 18.4 Å². The van der Waals surface area contributed by atoms with Crippen LogP contribution in [0.4, 0.5) is 11.4 Å². The van der Waals surface area contributed by atoms with Crippen molar-refractivity contribution in [1.82, 2.24) is 15.0 Å². The topological polar surface area (TPSA) is 123 Å². The van der Waals surface area contributed by atoms with E-state index >= 15 is 0 Å². The lowest BCUT2D eigenvalue weighted by atomic mass is 10.2. The van der Waals surface area contributed by atoms with Crippen molar-refractivity contribution in [3.05, 3.63) is 40.0 Å². The summed E-state index contributed by atoms with van der Waals surface area (Å²) in [7, 11) is -3.70. The minimum absolute atomic E-state index is 0.260. The molecule has 10 nitrogen and oxygen atoms in total. The van der Waals surface area contributed by atoms with Gasteiger partial charge >= 0.3 is 5.69 Å². The molecule has 1 aliphatic rings. The lowest BCUT2D eigenvalue weighted by Crippen LogP contribution is -2.46. The molecule has 140 valence electrons. The third-order valence-corrected chi connectivity index (χ3v) is 5.33. The molecule has 0 radical (unpaired) electrons. The van der Waals surface area contributed by atoms with Gasteiger partial charge in [-0.15, -0.1) is 0 Å². The molecule has 0 atom stereocenters. The average Bonchev–Trinajstić information content (AvgIpc) is 2.99. The standard InChI is InChI=1S/C15H19N5O5S/c1-11-16-14(25-17-11)10-18-6-8-19(9-7-18)12-4-3-5-13(26(2,23)24)15(12)20(21)22/h3-5H,6-10H2,1-2H3. The quantitative estimate of drug-likeness (QED) is 0.551. The second-order valence-corrected chi connectivity index (χ2v) is 8.14. The van der Waals surface area contributed by atoms with Gasteiger partial charge in [-0.25, -0.2) is 8.42 Å². The second-order valence-electron chi connectivity index (χ2n) is 6.15. The Morgan fingerprint density at radius 2 is 1.96 bits per heavy atom. The Labute approximate surface area is 150 Å². The first-order valence-electron chi connectivity index (χ1n) is 7.99. The number of sulfone groups is 1. The van der Waals surface area contributed by atoms with E-state index in [4.69, 9.17) is 4.52 Å². The van der Waals surface area contributed by atoms with Crippen LogP contribution in [0.25, 0.3) is 0 Å². The van der Waals surface area contributed by atoms with Crippen LogP contribution >= 0.6 is 0 Å². The Hall–Kier alpha value is -2.53. The molecule has 0 unspecified atom stereocenters. The Morgan fingerprint density at radius 1 is 1.27 bits per heavy atom. The van der Waals surface area contributed by atoms with Crippen LogP contribution < -0.4 is 4.90 Å². The van der Waals surface area contributed by atoms with E-state index in [1.807, 2.05) is 4.90 Å². The van der Waals surface area contributed by atoms with Crippen molar-refractivity contribution < 1.29 is 17.9 Å². The fraction of sp³-hybridized carbons (Fsp3) is 0.467. The van der Waals surface area contributed by atoms with Crippen LogP contribution in [0.1, 0.15) is 11.7 Å². The van der Waals surface area contributed by atoms with E-state index < -0.39 is 14.8 Å². The van der Waals surface area contributed by atoms with Crippen LogP contribution in [0.3, 0.4) is 0 Å². The Bertz CT molecular complexity index is 918. The molecule has 3 rings (SSSR count). The lowest BCUT2D eigenvalue weighted by molar-refractivity contribution is -0.387. The maximum absolute atomic E-state index is 11.9. The van der Waals surface area contributed by atoms with Crippen molar-refractivity contribution >= 4 is 21.2 Å². The highest BCUT2D eigenvalue weighted by Gasteiger charge is 2.30. The SMILES string of the molecule is Cc1noc(CN2CCN(c3cccc(S(C)(=O)=O)c3[N+](=O)[O-])CC2)n1. The molecule has 1 aliphatic heterocycles. The van der Waals surface area contributed by atoms with Gasteiger partial charge in [0, 0.05) is 32.4 Å². The molecule has 0 saturated carbocycles. The first-order valence-corrected chi connectivity index (χ1v) is 9.89. The van der Waals surface area contributed by atoms with Crippen LogP contribution in [0.5, 0.6) is 0 Å². The van der Waals surface area contributed by atoms with Crippen LogP contribution in [0, 0.1) is 17.0 Å². The summed E-state index contributed by atoms with van der Waals surface area (Å²) in [4.78, 5) is 18.7. The molecular weight excluding hydrogens is 362 g/mol. The van der Waals surface area contributed by atoms with Gasteiger partial charge in [-0.1, -0.05) is 11.2 Å². The minimum atomic E-state index is -3.70. The highest BCUT2D eigenvalue weighted by molar-refractivity contribution is 7.90. The number of anilines is 1. The highest BCUT2D eigenvalue weighted by Crippen LogP contribution is 2.35. The van der Waals surface area contributed by atoms with Gasteiger partial charge < -0.3 is 9.42 Å². The Kier molecular flexibility index (Phi) is 4.92. The zero-order valence-corrected chi connectivity index (χ0v) is 15.3. The molecule has 1 saturated heterocycles. The summed E-state index contributed by atoms with van der Waals surface area (Å²) in [5.74, 6) is 1.10. The van der Waals surface area contributed by atoms with Crippen LogP contribution in [0.15, 0.2) is 27.6 Å². The maximum Gasteiger partial charge on any atom is 0.311 e. The largest absolute Gasteiger partial charge is 0.363 e. The molecule has 2 aromatic rings. The van der Waals surface area contributed by atoms with E-state index in [-0.39, 0.29) is 10.6 Å². The Balaban J connectivity index is 1.78. The molecule has 1 aromatic heterocycles. The van der Waals surface area contributed by atoms with Crippen molar-refractivity contribution in [2.24, 2.45) is 0 Å². The number of rotatable bonds is 5. The molecule has 0 N–H and O–H groups in total. The van der Waals surface area contributed by atoms with Crippen molar-refractivity contribution in [1.29, 1.82) is 0 Å². The number of para-hydroxylation sites is 1. The van der Waals surface area contributed by atoms with E-state index in [0.29, 0.717) is 50.1 Å². The molecule has 0 amide bonds. The molecule has 1 aromatic carbocycles. The van der Waals surface area contributed by atoms with Gasteiger partial charge in [0.2, 0.25) is 5.89 Å². The molecule has 26 heavy (non-hydrogen) atoms. The maximum atomic E-state index is 11.9. The number of hydrogen-bond donors (Lipinski definition) is 0. The normalized spacial score (nSPS) is 16.0. The monoisotopic (exact) mass is 381 g/mol. The predicted octanol–water partition coefficient (Wildman–Crippen LogP) is 1.01. The van der Waals surface area contributed by atoms with Gasteiger partial charge in [0.25, 0.3) is 0 Å². The summed E-state index contributed by atoms with van der Waals surface area (Å²) < 4.78 is 28.9. The van der Waals surface area contributed by atoms with Crippen LogP contribution in [0.2, 0.25) is 0 Å². The zero-order valence-electron chi connectivity index (χ0n) is 14.5. The van der Waals surface area contributed by atoms with E-state index in [0.717, 1.165) is 6.26 Å². The lowest BCUT2D eigenvalue weighted by Gasteiger charge is -2.35. The summed E-state index contributed by atoms with van der Waals surface area (Å²) >= 11 is 0. The van der Waals surface area contributed by atoms with Crippen LogP contribution in [-0.4, -0.2) is 60.8 Å². The van der Waals surface area contributed by atoms with Gasteiger partial charge in [0.05, 0.1) is 11.5 Å². The number of piperazine rings is 1. The number of benzene rings is 1. The van der Waals surface area contributed by atoms with E-state index in [1.54, 1.807) is 13.0 Å². The number of aromatic nitrogens is 2. The van der Waals surface area contributed by atoms with Gasteiger partial charge in [0.15, 0.2) is 15.7 Å². The molecule has 0 aliphatic carbocycles. The highest BCUT2D eigenvalue weighted by atomic mass is 32.2. The third-order valence-electron chi connectivity index (χ3n) is 4.20. The van der Waals surface area contributed by atoms with Crippen molar-refractivity contribution in [3.8, 4) is 0 Å². The first kappa shape index (κ1) is 18.3. The number of nitro benzene ring substituents is 1. The number of hydrogen-bond acceptors (Lipinski definition) is 9. The van der Waals surface area contributed by atoms with Crippen LogP contribution in [-0.2, 0) is 16.4 Å².